The van der Waals surface area contributed by atoms with E-state index in [4.69, 9.17) is 9.84 Å². The lowest BCUT2D eigenvalue weighted by Gasteiger charge is -2.36. The van der Waals surface area contributed by atoms with E-state index in [1.54, 1.807) is 7.11 Å². The number of nitrogens with zero attached hydrogens (tertiary/aromatic N) is 2. The zero-order valence-corrected chi connectivity index (χ0v) is 13.8. The van der Waals surface area contributed by atoms with Crippen LogP contribution in [0, 0.1) is 0 Å². The molecule has 0 bridgehead atoms. The van der Waals surface area contributed by atoms with Crippen LogP contribution in [0.25, 0.3) is 10.9 Å². The van der Waals surface area contributed by atoms with Crippen molar-refractivity contribution in [3.05, 3.63) is 30.0 Å². The quantitative estimate of drug-likeness (QED) is 0.852. The minimum atomic E-state index is -0.186. The first-order chi connectivity index (χ1) is 10.1. The van der Waals surface area contributed by atoms with Crippen molar-refractivity contribution in [3.8, 4) is 0 Å². The first-order valence-electron chi connectivity index (χ1n) is 7.74. The highest BCUT2D eigenvalue weighted by Gasteiger charge is 2.33. The number of methoxy groups -OCH3 is 1. The van der Waals surface area contributed by atoms with Crippen LogP contribution in [0.3, 0.4) is 0 Å². The Morgan fingerprint density at radius 2 is 2.05 bits per heavy atom. The fourth-order valence-corrected chi connectivity index (χ4v) is 2.92. The van der Waals surface area contributed by atoms with E-state index in [1.807, 2.05) is 11.7 Å². The third kappa shape index (κ3) is 3.11. The fraction of sp³-hybridized carbons (Fsp3) is 0.588. The van der Waals surface area contributed by atoms with Crippen molar-refractivity contribution < 1.29 is 4.74 Å². The average Bonchev–Trinajstić information content (AvgIpc) is 2.83. The summed E-state index contributed by atoms with van der Waals surface area (Å²) in [7, 11) is 3.80. The van der Waals surface area contributed by atoms with E-state index in [9.17, 15) is 0 Å². The molecule has 2 atom stereocenters. The number of para-hydroxylation sites is 1. The number of aryl methyl sites for hydroxylation is 1. The molecular weight excluding hydrogens is 262 g/mol. The van der Waals surface area contributed by atoms with E-state index in [2.05, 4.69) is 50.4 Å². The summed E-state index contributed by atoms with van der Waals surface area (Å²) in [6.07, 6.45) is 1.83. The second kappa shape index (κ2) is 6.58. The summed E-state index contributed by atoms with van der Waals surface area (Å²) in [6, 6.07) is 8.64. The number of likely N-dealkylation sites (N-methyl/N-ethyl adjacent to an activating group) is 1. The standard InChI is InChI=1S/C17H27N3O/c1-6-17(3,21-5)16(18-7-2)12-14-13-10-8-9-11-15(13)20(4)19-14/h8-11,16,18H,6-7,12H2,1-5H3. The molecule has 0 fully saturated rings. The van der Waals surface area contributed by atoms with Crippen LogP contribution >= 0.6 is 0 Å². The summed E-state index contributed by atoms with van der Waals surface area (Å²) >= 11 is 0. The predicted molar refractivity (Wildman–Crippen MR) is 87.6 cm³/mol. The third-order valence-electron chi connectivity index (χ3n) is 4.59. The molecule has 4 nitrogen and oxygen atoms in total. The highest BCUT2D eigenvalue weighted by Crippen LogP contribution is 2.25. The lowest BCUT2D eigenvalue weighted by molar-refractivity contribution is -0.0285. The molecule has 21 heavy (non-hydrogen) atoms. The number of benzene rings is 1. The summed E-state index contributed by atoms with van der Waals surface area (Å²) in [5, 5.41) is 9.52. The molecule has 0 aliphatic heterocycles. The van der Waals surface area contributed by atoms with Crippen LogP contribution in [0.15, 0.2) is 24.3 Å². The molecule has 1 aromatic carbocycles. The molecule has 2 rings (SSSR count). The van der Waals surface area contributed by atoms with E-state index in [1.165, 1.54) is 10.9 Å². The molecule has 2 unspecified atom stereocenters. The minimum absolute atomic E-state index is 0.186. The van der Waals surface area contributed by atoms with Gasteiger partial charge in [0.2, 0.25) is 0 Å². The first kappa shape index (κ1) is 16.0. The largest absolute Gasteiger partial charge is 0.377 e. The lowest BCUT2D eigenvalue weighted by atomic mass is 9.89. The molecule has 2 aromatic rings. The van der Waals surface area contributed by atoms with Crippen molar-refractivity contribution >= 4 is 10.9 Å². The molecule has 1 aromatic heterocycles. The maximum absolute atomic E-state index is 5.80. The highest BCUT2D eigenvalue weighted by atomic mass is 16.5. The Morgan fingerprint density at radius 1 is 1.33 bits per heavy atom. The van der Waals surface area contributed by atoms with Crippen LogP contribution in [0.1, 0.15) is 32.9 Å². The Labute approximate surface area is 127 Å². The van der Waals surface area contributed by atoms with Gasteiger partial charge in [-0.2, -0.15) is 5.10 Å². The van der Waals surface area contributed by atoms with Crippen LogP contribution in [0.4, 0.5) is 0 Å². The molecule has 0 radical (unpaired) electrons. The van der Waals surface area contributed by atoms with E-state index in [-0.39, 0.29) is 11.6 Å². The van der Waals surface area contributed by atoms with E-state index < -0.39 is 0 Å². The second-order valence-electron chi connectivity index (χ2n) is 5.77. The normalized spacial score (nSPS) is 16.0. The molecule has 1 heterocycles. The molecule has 0 spiro atoms. The Bertz CT molecular complexity index is 587. The minimum Gasteiger partial charge on any atom is -0.377 e. The van der Waals surface area contributed by atoms with Gasteiger partial charge >= 0.3 is 0 Å². The van der Waals surface area contributed by atoms with Gasteiger partial charge in [0.1, 0.15) is 0 Å². The summed E-state index contributed by atoms with van der Waals surface area (Å²) in [6.45, 7) is 7.40. The summed E-state index contributed by atoms with van der Waals surface area (Å²) < 4.78 is 7.76. The number of nitrogens with one attached hydrogen (secondary N) is 1. The Morgan fingerprint density at radius 3 is 2.67 bits per heavy atom. The van der Waals surface area contributed by atoms with E-state index in [0.29, 0.717) is 0 Å². The van der Waals surface area contributed by atoms with Crippen molar-refractivity contribution in [2.45, 2.75) is 45.3 Å². The van der Waals surface area contributed by atoms with Crippen LogP contribution in [-0.4, -0.2) is 35.1 Å². The summed E-state index contributed by atoms with van der Waals surface area (Å²) in [4.78, 5) is 0. The summed E-state index contributed by atoms with van der Waals surface area (Å²) in [5.41, 5.74) is 2.13. The maximum Gasteiger partial charge on any atom is 0.0804 e. The molecule has 4 heteroatoms. The van der Waals surface area contributed by atoms with Crippen LogP contribution < -0.4 is 5.32 Å². The van der Waals surface area contributed by atoms with E-state index in [0.717, 1.165) is 25.1 Å². The number of hydrogen-bond acceptors (Lipinski definition) is 3. The van der Waals surface area contributed by atoms with Crippen molar-refractivity contribution in [3.63, 3.8) is 0 Å². The van der Waals surface area contributed by atoms with Gasteiger partial charge in [-0.1, -0.05) is 32.0 Å². The maximum atomic E-state index is 5.80. The molecule has 0 aliphatic rings. The van der Waals surface area contributed by atoms with Crippen LogP contribution in [0.5, 0.6) is 0 Å². The highest BCUT2D eigenvalue weighted by molar-refractivity contribution is 5.81. The van der Waals surface area contributed by atoms with Crippen molar-refractivity contribution in [1.29, 1.82) is 0 Å². The molecule has 116 valence electrons. The topological polar surface area (TPSA) is 39.1 Å². The zero-order chi connectivity index (χ0) is 15.5. The van der Waals surface area contributed by atoms with Crippen molar-refractivity contribution in [1.82, 2.24) is 15.1 Å². The summed E-state index contributed by atoms with van der Waals surface area (Å²) in [5.74, 6) is 0. The molecule has 0 saturated heterocycles. The monoisotopic (exact) mass is 289 g/mol. The number of ether oxygens (including phenoxy) is 1. The van der Waals surface area contributed by atoms with Gasteiger partial charge in [-0.3, -0.25) is 4.68 Å². The predicted octanol–water partition coefficient (Wildman–Crippen LogP) is 2.91. The van der Waals surface area contributed by atoms with Gasteiger partial charge in [0.25, 0.3) is 0 Å². The smallest absolute Gasteiger partial charge is 0.0804 e. The van der Waals surface area contributed by atoms with Crippen LogP contribution in [-0.2, 0) is 18.2 Å². The number of fused-ring (bicyclic) bond motifs is 1. The van der Waals surface area contributed by atoms with E-state index >= 15 is 0 Å². The average molecular weight is 289 g/mol. The molecule has 0 saturated carbocycles. The fourth-order valence-electron chi connectivity index (χ4n) is 2.92. The first-order valence-corrected chi connectivity index (χ1v) is 7.74. The molecule has 0 aliphatic carbocycles. The zero-order valence-electron chi connectivity index (χ0n) is 13.8. The van der Waals surface area contributed by atoms with Crippen molar-refractivity contribution in [2.24, 2.45) is 7.05 Å². The molecular formula is C17H27N3O. The Kier molecular flexibility index (Phi) is 5.01. The van der Waals surface area contributed by atoms with Gasteiger partial charge in [-0.15, -0.1) is 0 Å². The molecule has 0 amide bonds. The van der Waals surface area contributed by atoms with Gasteiger partial charge < -0.3 is 10.1 Å². The van der Waals surface area contributed by atoms with Crippen LogP contribution in [0.2, 0.25) is 0 Å². The van der Waals surface area contributed by atoms with Gasteiger partial charge in [0.05, 0.1) is 16.8 Å². The SMILES string of the molecule is CCNC(Cc1nn(C)c2ccccc12)C(C)(CC)OC. The number of hydrogen-bond donors (Lipinski definition) is 1. The number of rotatable bonds is 7. The van der Waals surface area contributed by atoms with Gasteiger partial charge in [0, 0.05) is 32.0 Å². The Balaban J connectivity index is 2.35. The second-order valence-corrected chi connectivity index (χ2v) is 5.77. The van der Waals surface area contributed by atoms with Crippen molar-refractivity contribution in [2.75, 3.05) is 13.7 Å². The lowest BCUT2D eigenvalue weighted by Crippen LogP contribution is -2.51. The van der Waals surface area contributed by atoms with Gasteiger partial charge in [0.15, 0.2) is 0 Å². The number of aromatic nitrogens is 2. The van der Waals surface area contributed by atoms with Gasteiger partial charge in [-0.25, -0.2) is 0 Å². The third-order valence-corrected chi connectivity index (χ3v) is 4.59. The Hall–Kier alpha value is -1.39. The van der Waals surface area contributed by atoms with Gasteiger partial charge in [-0.05, 0) is 26.0 Å². The molecule has 1 N–H and O–H groups in total.